The second-order valence-corrected chi connectivity index (χ2v) is 9.57. The van der Waals surface area contributed by atoms with Crippen molar-refractivity contribution in [3.63, 3.8) is 0 Å². The summed E-state index contributed by atoms with van der Waals surface area (Å²) in [5, 5.41) is 11.8. The van der Waals surface area contributed by atoms with Crippen molar-refractivity contribution in [3.8, 4) is 0 Å². The number of nitrogens with one attached hydrogen (secondary N) is 2. The monoisotopic (exact) mass is 522 g/mol. The number of hydrogen-bond acceptors (Lipinski definition) is 3. The lowest BCUT2D eigenvalue weighted by Gasteiger charge is -2.42. The van der Waals surface area contributed by atoms with Crippen LogP contribution in [0.3, 0.4) is 0 Å². The number of sulfonamides is 1. The molecule has 8 heteroatoms. The first-order chi connectivity index (χ1) is 12.7. The van der Waals surface area contributed by atoms with E-state index in [9.17, 15) is 8.42 Å². The Balaban J connectivity index is 0.00000392. The standard InChI is InChI=1S/C20H34N4O2S.HI/c1-4-22-19(24-15-20(11-5-12-20)14-16(2)3)23-13-10-17-6-8-18(9-7-17)27(21,25)26;/h6-9,16H,4-5,10-15H2,1-3H3,(H2,21,25,26)(H2,22,23,24);1H. The lowest BCUT2D eigenvalue weighted by atomic mass is 9.64. The molecular formula is C20H35IN4O2S. The molecule has 1 aromatic carbocycles. The summed E-state index contributed by atoms with van der Waals surface area (Å²) in [6, 6.07) is 6.71. The van der Waals surface area contributed by atoms with Crippen LogP contribution < -0.4 is 15.8 Å². The van der Waals surface area contributed by atoms with Gasteiger partial charge >= 0.3 is 0 Å². The zero-order chi connectivity index (χ0) is 19.9. The van der Waals surface area contributed by atoms with Gasteiger partial charge in [0, 0.05) is 19.6 Å². The average Bonchev–Trinajstić information content (AvgIpc) is 2.56. The average molecular weight is 522 g/mol. The van der Waals surface area contributed by atoms with Crippen LogP contribution in [0.25, 0.3) is 0 Å². The van der Waals surface area contributed by atoms with E-state index < -0.39 is 10.0 Å². The van der Waals surface area contributed by atoms with Gasteiger partial charge in [-0.25, -0.2) is 13.6 Å². The Morgan fingerprint density at radius 3 is 2.32 bits per heavy atom. The molecule has 1 aromatic rings. The minimum Gasteiger partial charge on any atom is -0.357 e. The number of benzene rings is 1. The molecule has 1 fully saturated rings. The molecule has 1 saturated carbocycles. The number of nitrogens with zero attached hydrogens (tertiary/aromatic N) is 1. The molecular weight excluding hydrogens is 487 g/mol. The van der Waals surface area contributed by atoms with E-state index in [0.29, 0.717) is 11.3 Å². The molecule has 4 N–H and O–H groups in total. The number of rotatable bonds is 9. The van der Waals surface area contributed by atoms with Crippen LogP contribution in [0.4, 0.5) is 0 Å². The molecule has 0 unspecified atom stereocenters. The van der Waals surface area contributed by atoms with E-state index in [1.54, 1.807) is 24.3 Å². The Hall–Kier alpha value is -0.870. The van der Waals surface area contributed by atoms with Gasteiger partial charge in [0.2, 0.25) is 10.0 Å². The summed E-state index contributed by atoms with van der Waals surface area (Å²) in [4.78, 5) is 4.98. The van der Waals surface area contributed by atoms with E-state index in [-0.39, 0.29) is 28.9 Å². The highest BCUT2D eigenvalue weighted by molar-refractivity contribution is 14.0. The number of nitrogens with two attached hydrogens (primary N) is 1. The molecule has 0 amide bonds. The van der Waals surface area contributed by atoms with Crippen molar-refractivity contribution in [1.82, 2.24) is 10.6 Å². The highest BCUT2D eigenvalue weighted by Gasteiger charge is 2.37. The van der Waals surface area contributed by atoms with Crippen LogP contribution in [-0.2, 0) is 16.4 Å². The fraction of sp³-hybridized carbons (Fsp3) is 0.650. The summed E-state index contributed by atoms with van der Waals surface area (Å²) >= 11 is 0. The molecule has 0 spiro atoms. The molecule has 0 atom stereocenters. The van der Waals surface area contributed by atoms with E-state index >= 15 is 0 Å². The molecule has 1 aliphatic carbocycles. The summed E-state index contributed by atoms with van der Waals surface area (Å²) in [5.41, 5.74) is 1.45. The maximum atomic E-state index is 11.3. The van der Waals surface area contributed by atoms with E-state index in [1.807, 2.05) is 0 Å². The predicted molar refractivity (Wildman–Crippen MR) is 127 cm³/mol. The Kier molecular flexibility index (Phi) is 10.2. The first-order valence-corrected chi connectivity index (χ1v) is 11.4. The normalized spacial score (nSPS) is 16.2. The molecule has 0 heterocycles. The summed E-state index contributed by atoms with van der Waals surface area (Å²) in [6.45, 7) is 9.08. The van der Waals surface area contributed by atoms with Crippen LogP contribution in [0.5, 0.6) is 0 Å². The van der Waals surface area contributed by atoms with Crippen molar-refractivity contribution < 1.29 is 8.42 Å². The summed E-state index contributed by atoms with van der Waals surface area (Å²) in [5.74, 6) is 1.56. The quantitative estimate of drug-likeness (QED) is 0.264. The first kappa shape index (κ1) is 25.2. The molecule has 0 aliphatic heterocycles. The van der Waals surface area contributed by atoms with Gasteiger partial charge in [-0.1, -0.05) is 32.4 Å². The van der Waals surface area contributed by atoms with Gasteiger partial charge in [-0.2, -0.15) is 0 Å². The maximum absolute atomic E-state index is 11.3. The van der Waals surface area contributed by atoms with Gasteiger partial charge in [-0.05, 0) is 61.6 Å². The molecule has 1 aliphatic rings. The number of guanidine groups is 1. The highest BCUT2D eigenvalue weighted by atomic mass is 127. The number of aliphatic imine (C=N–C) groups is 1. The third-order valence-electron chi connectivity index (χ3n) is 5.13. The lowest BCUT2D eigenvalue weighted by molar-refractivity contribution is 0.111. The van der Waals surface area contributed by atoms with E-state index in [2.05, 4.69) is 31.4 Å². The largest absolute Gasteiger partial charge is 0.357 e. The van der Waals surface area contributed by atoms with Crippen LogP contribution in [0.1, 0.15) is 52.0 Å². The minimum atomic E-state index is -3.63. The third-order valence-corrected chi connectivity index (χ3v) is 6.06. The topological polar surface area (TPSA) is 96.6 Å². The molecule has 6 nitrogen and oxygen atoms in total. The molecule has 28 heavy (non-hydrogen) atoms. The SMILES string of the molecule is CCNC(=NCC1(CC(C)C)CCC1)NCCc1ccc(S(N)(=O)=O)cc1.I. The molecule has 0 saturated heterocycles. The van der Waals surface area contributed by atoms with Gasteiger partial charge in [0.1, 0.15) is 0 Å². The van der Waals surface area contributed by atoms with Gasteiger partial charge in [0.15, 0.2) is 5.96 Å². The van der Waals surface area contributed by atoms with Gasteiger partial charge < -0.3 is 10.6 Å². The zero-order valence-corrected chi connectivity index (χ0v) is 20.3. The second kappa shape index (κ2) is 11.3. The second-order valence-electron chi connectivity index (χ2n) is 8.01. The van der Waals surface area contributed by atoms with Gasteiger partial charge in [-0.15, -0.1) is 24.0 Å². The Morgan fingerprint density at radius 2 is 1.86 bits per heavy atom. The molecule has 0 aromatic heterocycles. The van der Waals surface area contributed by atoms with Crippen LogP contribution in [0.2, 0.25) is 0 Å². The minimum absolute atomic E-state index is 0. The van der Waals surface area contributed by atoms with Gasteiger partial charge in [0.05, 0.1) is 4.90 Å². The first-order valence-electron chi connectivity index (χ1n) is 9.88. The molecule has 0 bridgehead atoms. The Bertz CT molecular complexity index is 729. The van der Waals surface area contributed by atoms with E-state index in [1.165, 1.54) is 25.7 Å². The van der Waals surface area contributed by atoms with E-state index in [0.717, 1.165) is 37.6 Å². The van der Waals surface area contributed by atoms with Crippen molar-refractivity contribution in [3.05, 3.63) is 29.8 Å². The summed E-state index contributed by atoms with van der Waals surface area (Å²) in [7, 11) is -3.63. The van der Waals surface area contributed by atoms with Crippen LogP contribution in [0, 0.1) is 11.3 Å². The maximum Gasteiger partial charge on any atom is 0.238 e. The molecule has 2 rings (SSSR count). The van der Waals surface area contributed by atoms with Crippen molar-refractivity contribution in [2.24, 2.45) is 21.5 Å². The molecule has 0 radical (unpaired) electrons. The molecule has 160 valence electrons. The van der Waals surface area contributed by atoms with Crippen molar-refractivity contribution in [2.45, 2.75) is 57.8 Å². The van der Waals surface area contributed by atoms with Gasteiger partial charge in [0.25, 0.3) is 0 Å². The number of primary sulfonamides is 1. The third kappa shape index (κ3) is 7.87. The fourth-order valence-corrected chi connectivity index (χ4v) is 4.24. The summed E-state index contributed by atoms with van der Waals surface area (Å²) in [6.07, 6.45) is 5.91. The lowest BCUT2D eigenvalue weighted by Crippen LogP contribution is -2.41. The predicted octanol–water partition coefficient (Wildman–Crippen LogP) is 3.27. The van der Waals surface area contributed by atoms with Crippen LogP contribution >= 0.6 is 24.0 Å². The number of halogens is 1. The van der Waals surface area contributed by atoms with Crippen molar-refractivity contribution in [2.75, 3.05) is 19.6 Å². The smallest absolute Gasteiger partial charge is 0.238 e. The Morgan fingerprint density at radius 1 is 1.21 bits per heavy atom. The zero-order valence-electron chi connectivity index (χ0n) is 17.2. The highest BCUT2D eigenvalue weighted by Crippen LogP contribution is 2.46. The van der Waals surface area contributed by atoms with Crippen molar-refractivity contribution in [1.29, 1.82) is 0 Å². The fourth-order valence-electron chi connectivity index (χ4n) is 3.73. The van der Waals surface area contributed by atoms with Crippen LogP contribution in [0.15, 0.2) is 34.2 Å². The van der Waals surface area contributed by atoms with Gasteiger partial charge in [-0.3, -0.25) is 4.99 Å². The number of hydrogen-bond donors (Lipinski definition) is 3. The van der Waals surface area contributed by atoms with E-state index in [4.69, 9.17) is 10.1 Å². The van der Waals surface area contributed by atoms with Crippen molar-refractivity contribution >= 4 is 40.0 Å². The summed E-state index contributed by atoms with van der Waals surface area (Å²) < 4.78 is 22.6. The Labute approximate surface area is 187 Å². The van der Waals surface area contributed by atoms with Crippen LogP contribution in [-0.4, -0.2) is 34.0 Å².